The molecule has 0 bridgehead atoms. The van der Waals surface area contributed by atoms with Gasteiger partial charge in [0.1, 0.15) is 17.5 Å². The lowest BCUT2D eigenvalue weighted by molar-refractivity contribution is -0.142. The van der Waals surface area contributed by atoms with E-state index >= 15 is 0 Å². The highest BCUT2D eigenvalue weighted by Crippen LogP contribution is 2.60. The minimum absolute atomic E-state index is 0.193. The molecule has 21 heavy (non-hydrogen) atoms. The minimum Gasteiger partial charge on any atom is -0.378 e. The molecule has 0 saturated carbocycles. The number of epoxide rings is 1. The first-order valence-corrected chi connectivity index (χ1v) is 7.43. The molecular formula is C17H26O4. The average molecular weight is 294 g/mol. The van der Waals surface area contributed by atoms with E-state index in [-0.39, 0.29) is 23.4 Å². The molecule has 118 valence electrons. The van der Waals surface area contributed by atoms with Gasteiger partial charge in [0.05, 0.1) is 0 Å². The average Bonchev–Trinajstić information content (AvgIpc) is 2.97. The van der Waals surface area contributed by atoms with Crippen LogP contribution in [0.1, 0.15) is 54.9 Å². The molecule has 0 radical (unpaired) electrons. The lowest BCUT2D eigenvalue weighted by atomic mass is 9.63. The summed E-state index contributed by atoms with van der Waals surface area (Å²) < 4.78 is 5.84. The summed E-state index contributed by atoms with van der Waals surface area (Å²) in [5.41, 5.74) is -2.53. The summed E-state index contributed by atoms with van der Waals surface area (Å²) in [5.74, 6) is -0.577. The van der Waals surface area contributed by atoms with Crippen molar-refractivity contribution < 1.29 is 19.4 Å². The summed E-state index contributed by atoms with van der Waals surface area (Å²) in [6, 6.07) is 0. The van der Waals surface area contributed by atoms with E-state index in [2.05, 4.69) is 0 Å². The SMILES string of the molecule is CC(=O)CC1(O)C(=O)C(C(C)(C)C)=CC2(C(C)(C)C)OC12. The Balaban J connectivity index is 2.59. The van der Waals surface area contributed by atoms with Gasteiger partial charge < -0.3 is 9.84 Å². The number of carbonyl (C=O) groups excluding carboxylic acids is 2. The summed E-state index contributed by atoms with van der Waals surface area (Å²) in [6.07, 6.45) is 1.06. The molecule has 1 N–H and O–H groups in total. The maximum Gasteiger partial charge on any atom is 0.193 e. The Bertz CT molecular complexity index is 532. The Labute approximate surface area is 126 Å². The van der Waals surface area contributed by atoms with Gasteiger partial charge in [-0.2, -0.15) is 0 Å². The summed E-state index contributed by atoms with van der Waals surface area (Å²) in [7, 11) is 0. The molecule has 0 aromatic heterocycles. The number of rotatable bonds is 2. The van der Waals surface area contributed by atoms with Crippen LogP contribution in [-0.2, 0) is 14.3 Å². The van der Waals surface area contributed by atoms with Gasteiger partial charge in [0, 0.05) is 12.0 Å². The van der Waals surface area contributed by atoms with Gasteiger partial charge in [0.2, 0.25) is 0 Å². The lowest BCUT2D eigenvalue weighted by Gasteiger charge is -2.38. The Hall–Kier alpha value is -1.00. The topological polar surface area (TPSA) is 66.9 Å². The summed E-state index contributed by atoms with van der Waals surface area (Å²) >= 11 is 0. The minimum atomic E-state index is -1.74. The van der Waals surface area contributed by atoms with Crippen LogP contribution in [-0.4, -0.2) is 34.0 Å². The van der Waals surface area contributed by atoms with Crippen LogP contribution in [0, 0.1) is 10.8 Å². The fourth-order valence-electron chi connectivity index (χ4n) is 3.25. The number of carbonyl (C=O) groups is 2. The van der Waals surface area contributed by atoms with Crippen LogP contribution >= 0.6 is 0 Å². The van der Waals surface area contributed by atoms with Crippen LogP contribution in [0.3, 0.4) is 0 Å². The van der Waals surface area contributed by atoms with E-state index in [9.17, 15) is 14.7 Å². The number of hydrogen-bond donors (Lipinski definition) is 1. The second-order valence-electron chi connectivity index (χ2n) is 8.48. The molecule has 0 aromatic rings. The largest absolute Gasteiger partial charge is 0.378 e. The number of hydrogen-bond acceptors (Lipinski definition) is 4. The highest BCUT2D eigenvalue weighted by Gasteiger charge is 2.74. The third-order valence-corrected chi connectivity index (χ3v) is 4.57. The van der Waals surface area contributed by atoms with Gasteiger partial charge in [-0.15, -0.1) is 0 Å². The molecule has 3 unspecified atom stereocenters. The monoisotopic (exact) mass is 294 g/mol. The van der Waals surface area contributed by atoms with Crippen molar-refractivity contribution in [1.29, 1.82) is 0 Å². The maximum atomic E-state index is 12.8. The van der Waals surface area contributed by atoms with Gasteiger partial charge in [-0.05, 0) is 23.8 Å². The summed E-state index contributed by atoms with van der Waals surface area (Å²) in [5, 5.41) is 10.9. The zero-order chi connectivity index (χ0) is 16.4. The van der Waals surface area contributed by atoms with E-state index in [1.165, 1.54) is 6.92 Å². The Kier molecular flexibility index (Phi) is 3.32. The third kappa shape index (κ3) is 2.29. The first kappa shape index (κ1) is 16.4. The molecule has 2 aliphatic rings. The van der Waals surface area contributed by atoms with Gasteiger partial charge in [-0.3, -0.25) is 9.59 Å². The number of Topliss-reactive ketones (excluding diaryl/α,β-unsaturated/α-hetero) is 2. The van der Waals surface area contributed by atoms with Crippen LogP contribution < -0.4 is 0 Å². The summed E-state index contributed by atoms with van der Waals surface area (Å²) in [6.45, 7) is 13.3. The fourth-order valence-corrected chi connectivity index (χ4v) is 3.25. The van der Waals surface area contributed by atoms with Crippen molar-refractivity contribution in [1.82, 2.24) is 0 Å². The van der Waals surface area contributed by atoms with E-state index < -0.39 is 22.7 Å². The van der Waals surface area contributed by atoms with Crippen LogP contribution in [0.2, 0.25) is 0 Å². The summed E-state index contributed by atoms with van der Waals surface area (Å²) in [4.78, 5) is 24.3. The molecular weight excluding hydrogens is 268 g/mol. The van der Waals surface area contributed by atoms with Gasteiger partial charge in [0.25, 0.3) is 0 Å². The highest BCUT2D eigenvalue weighted by atomic mass is 16.6. The molecule has 3 atom stereocenters. The van der Waals surface area contributed by atoms with Gasteiger partial charge in [0.15, 0.2) is 11.4 Å². The normalized spacial score (nSPS) is 36.1. The van der Waals surface area contributed by atoms with E-state index in [0.717, 1.165) is 0 Å². The van der Waals surface area contributed by atoms with Crippen molar-refractivity contribution in [2.75, 3.05) is 0 Å². The van der Waals surface area contributed by atoms with Gasteiger partial charge >= 0.3 is 0 Å². The molecule has 1 heterocycles. The van der Waals surface area contributed by atoms with E-state index in [0.29, 0.717) is 5.57 Å². The number of aliphatic hydroxyl groups is 1. The van der Waals surface area contributed by atoms with Crippen LogP contribution in [0.4, 0.5) is 0 Å². The highest BCUT2D eigenvalue weighted by molar-refractivity contribution is 6.07. The second-order valence-corrected chi connectivity index (χ2v) is 8.48. The standard InChI is InChI=1S/C17H26O4/c1-10(18)8-16(20)12(19)11(14(2,3)4)9-17(13(16)21-17)15(5,6)7/h9,13,20H,8H2,1-7H3. The van der Waals surface area contributed by atoms with Crippen LogP contribution in [0.25, 0.3) is 0 Å². The van der Waals surface area contributed by atoms with Crippen molar-refractivity contribution in [3.05, 3.63) is 11.6 Å². The molecule has 0 amide bonds. The van der Waals surface area contributed by atoms with Crippen LogP contribution in [0.15, 0.2) is 11.6 Å². The molecule has 1 aliphatic heterocycles. The van der Waals surface area contributed by atoms with Gasteiger partial charge in [-0.25, -0.2) is 0 Å². The third-order valence-electron chi connectivity index (χ3n) is 4.57. The molecule has 1 aliphatic carbocycles. The number of ketones is 2. The van der Waals surface area contributed by atoms with E-state index in [1.807, 2.05) is 47.6 Å². The van der Waals surface area contributed by atoms with E-state index in [1.54, 1.807) is 0 Å². The molecule has 4 heteroatoms. The second kappa shape index (κ2) is 4.26. The quantitative estimate of drug-likeness (QED) is 0.794. The maximum absolute atomic E-state index is 12.8. The number of fused-ring (bicyclic) bond motifs is 1. The lowest BCUT2D eigenvalue weighted by Crippen LogP contribution is -2.55. The first-order valence-electron chi connectivity index (χ1n) is 7.43. The predicted molar refractivity (Wildman–Crippen MR) is 79.9 cm³/mol. The molecule has 1 fully saturated rings. The van der Waals surface area contributed by atoms with Crippen molar-refractivity contribution in [3.8, 4) is 0 Å². The van der Waals surface area contributed by atoms with Crippen molar-refractivity contribution in [2.24, 2.45) is 10.8 Å². The van der Waals surface area contributed by atoms with Crippen molar-refractivity contribution >= 4 is 11.6 Å². The van der Waals surface area contributed by atoms with Crippen molar-refractivity contribution in [2.45, 2.75) is 72.2 Å². The van der Waals surface area contributed by atoms with E-state index in [4.69, 9.17) is 4.74 Å². The first-order chi connectivity index (χ1) is 9.26. The van der Waals surface area contributed by atoms with Crippen LogP contribution in [0.5, 0.6) is 0 Å². The zero-order valence-corrected chi connectivity index (χ0v) is 14.0. The Morgan fingerprint density at radius 3 is 2.19 bits per heavy atom. The Morgan fingerprint density at radius 2 is 1.81 bits per heavy atom. The predicted octanol–water partition coefficient (Wildman–Crippen LogP) is 2.44. The molecule has 4 nitrogen and oxygen atoms in total. The molecule has 0 aromatic carbocycles. The fraction of sp³-hybridized carbons (Fsp3) is 0.765. The molecule has 0 spiro atoms. The molecule has 2 rings (SSSR count). The zero-order valence-electron chi connectivity index (χ0n) is 14.0. The number of ether oxygens (including phenoxy) is 1. The smallest absolute Gasteiger partial charge is 0.193 e. The Morgan fingerprint density at radius 1 is 1.29 bits per heavy atom. The van der Waals surface area contributed by atoms with Gasteiger partial charge in [-0.1, -0.05) is 41.5 Å². The molecule has 1 saturated heterocycles. The van der Waals surface area contributed by atoms with Crippen molar-refractivity contribution in [3.63, 3.8) is 0 Å².